The number of piperazine rings is 1. The van der Waals surface area contributed by atoms with Crippen LogP contribution in [0, 0.1) is 13.8 Å². The highest BCUT2D eigenvalue weighted by Crippen LogP contribution is 2.25. The SMILES string of the molecule is C=CCOC[C@@H](O)CN1CCN(c2nc(C)nc(C)c2Cc2ccccc2)CC1. The third kappa shape index (κ3) is 6.10. The van der Waals surface area contributed by atoms with Crippen LogP contribution in [0.5, 0.6) is 0 Å². The molecular weight excluding hydrogens is 364 g/mol. The van der Waals surface area contributed by atoms with Crippen molar-refractivity contribution in [1.29, 1.82) is 0 Å². The highest BCUT2D eigenvalue weighted by atomic mass is 16.5. The Morgan fingerprint density at radius 2 is 1.86 bits per heavy atom. The zero-order valence-corrected chi connectivity index (χ0v) is 17.5. The number of anilines is 1. The second-order valence-corrected chi connectivity index (χ2v) is 7.59. The van der Waals surface area contributed by atoms with Gasteiger partial charge in [0.1, 0.15) is 11.6 Å². The summed E-state index contributed by atoms with van der Waals surface area (Å²) >= 11 is 0. The molecule has 0 bridgehead atoms. The predicted octanol–water partition coefficient (Wildman–Crippen LogP) is 2.37. The molecule has 6 heteroatoms. The molecule has 0 aliphatic carbocycles. The predicted molar refractivity (Wildman–Crippen MR) is 116 cm³/mol. The van der Waals surface area contributed by atoms with Crippen LogP contribution in [-0.2, 0) is 11.2 Å². The Morgan fingerprint density at radius 3 is 2.55 bits per heavy atom. The fraction of sp³-hybridized carbons (Fsp3) is 0.478. The number of hydrogen-bond donors (Lipinski definition) is 1. The van der Waals surface area contributed by atoms with Gasteiger partial charge in [0.2, 0.25) is 0 Å². The third-order valence-corrected chi connectivity index (χ3v) is 5.21. The van der Waals surface area contributed by atoms with E-state index in [0.29, 0.717) is 19.8 Å². The number of aryl methyl sites for hydroxylation is 2. The van der Waals surface area contributed by atoms with Crippen LogP contribution in [0.4, 0.5) is 5.82 Å². The summed E-state index contributed by atoms with van der Waals surface area (Å²) in [7, 11) is 0. The highest BCUT2D eigenvalue weighted by Gasteiger charge is 2.23. The van der Waals surface area contributed by atoms with E-state index in [9.17, 15) is 5.11 Å². The first-order valence-electron chi connectivity index (χ1n) is 10.3. The number of aliphatic hydroxyl groups is 1. The lowest BCUT2D eigenvalue weighted by Gasteiger charge is -2.37. The van der Waals surface area contributed by atoms with Crippen molar-refractivity contribution in [2.45, 2.75) is 26.4 Å². The molecule has 156 valence electrons. The summed E-state index contributed by atoms with van der Waals surface area (Å²) in [5, 5.41) is 10.2. The quantitative estimate of drug-likeness (QED) is 0.519. The fourth-order valence-electron chi connectivity index (χ4n) is 3.77. The van der Waals surface area contributed by atoms with Gasteiger partial charge >= 0.3 is 0 Å². The summed E-state index contributed by atoms with van der Waals surface area (Å²) < 4.78 is 5.35. The summed E-state index contributed by atoms with van der Waals surface area (Å²) in [6.07, 6.45) is 2.06. The van der Waals surface area contributed by atoms with Gasteiger partial charge in [-0.2, -0.15) is 0 Å². The van der Waals surface area contributed by atoms with Crippen molar-refractivity contribution in [2.75, 3.05) is 50.8 Å². The first-order valence-corrected chi connectivity index (χ1v) is 10.3. The van der Waals surface area contributed by atoms with E-state index in [0.717, 1.165) is 49.9 Å². The van der Waals surface area contributed by atoms with Gasteiger partial charge in [0, 0.05) is 50.4 Å². The maximum absolute atomic E-state index is 10.2. The standard InChI is InChI=1S/C23H32N4O2/c1-4-14-29-17-21(28)16-26-10-12-27(13-11-26)23-22(18(2)24-19(3)25-23)15-20-8-6-5-7-9-20/h4-9,21,28H,1,10-17H2,2-3H3/t21-/m0/s1. The van der Waals surface area contributed by atoms with Crippen molar-refractivity contribution >= 4 is 5.82 Å². The molecule has 6 nitrogen and oxygen atoms in total. The van der Waals surface area contributed by atoms with Gasteiger partial charge in [0.05, 0.1) is 19.3 Å². The topological polar surface area (TPSA) is 61.7 Å². The molecule has 1 saturated heterocycles. The Balaban J connectivity index is 1.65. The Hall–Kier alpha value is -2.28. The van der Waals surface area contributed by atoms with E-state index >= 15 is 0 Å². The Bertz CT molecular complexity index is 789. The molecule has 2 heterocycles. The number of benzene rings is 1. The van der Waals surface area contributed by atoms with Gasteiger partial charge in [-0.15, -0.1) is 6.58 Å². The van der Waals surface area contributed by atoms with Crippen molar-refractivity contribution in [2.24, 2.45) is 0 Å². The zero-order valence-electron chi connectivity index (χ0n) is 17.5. The van der Waals surface area contributed by atoms with Crippen LogP contribution in [0.1, 0.15) is 22.6 Å². The Morgan fingerprint density at radius 1 is 1.14 bits per heavy atom. The molecule has 1 aliphatic rings. The normalized spacial score (nSPS) is 16.0. The lowest BCUT2D eigenvalue weighted by molar-refractivity contribution is 0.0252. The van der Waals surface area contributed by atoms with Gasteiger partial charge < -0.3 is 14.7 Å². The summed E-state index contributed by atoms with van der Waals surface area (Å²) in [5.41, 5.74) is 3.52. The van der Waals surface area contributed by atoms with Gasteiger partial charge in [0.25, 0.3) is 0 Å². The van der Waals surface area contributed by atoms with Gasteiger partial charge in [-0.25, -0.2) is 9.97 Å². The monoisotopic (exact) mass is 396 g/mol. The second kappa shape index (κ2) is 10.5. The van der Waals surface area contributed by atoms with Crippen molar-refractivity contribution in [3.8, 4) is 0 Å². The minimum absolute atomic E-state index is 0.345. The number of hydrogen-bond acceptors (Lipinski definition) is 6. The van der Waals surface area contributed by atoms with Crippen LogP contribution in [0.3, 0.4) is 0 Å². The number of β-amino-alcohol motifs (C(OH)–C–C–N with tert-alkyl or cyclic N) is 1. The number of ether oxygens (including phenoxy) is 1. The maximum Gasteiger partial charge on any atom is 0.136 e. The van der Waals surface area contributed by atoms with Crippen LogP contribution in [0.2, 0.25) is 0 Å². The highest BCUT2D eigenvalue weighted by molar-refractivity contribution is 5.51. The van der Waals surface area contributed by atoms with E-state index in [2.05, 4.69) is 52.6 Å². The van der Waals surface area contributed by atoms with Crippen LogP contribution < -0.4 is 4.90 Å². The van der Waals surface area contributed by atoms with E-state index in [1.165, 1.54) is 11.1 Å². The van der Waals surface area contributed by atoms with Crippen molar-refractivity contribution in [3.05, 3.63) is 65.6 Å². The van der Waals surface area contributed by atoms with Crippen LogP contribution >= 0.6 is 0 Å². The van der Waals surface area contributed by atoms with Crippen molar-refractivity contribution in [1.82, 2.24) is 14.9 Å². The Labute approximate surface area is 173 Å². The fourth-order valence-corrected chi connectivity index (χ4v) is 3.77. The molecule has 0 spiro atoms. The summed E-state index contributed by atoms with van der Waals surface area (Å²) in [6.45, 7) is 12.7. The lowest BCUT2D eigenvalue weighted by Crippen LogP contribution is -2.49. The van der Waals surface area contributed by atoms with Crippen LogP contribution in [0.15, 0.2) is 43.0 Å². The third-order valence-electron chi connectivity index (χ3n) is 5.21. The van der Waals surface area contributed by atoms with Gasteiger partial charge in [0.15, 0.2) is 0 Å². The molecule has 1 aromatic carbocycles. The largest absolute Gasteiger partial charge is 0.389 e. The molecule has 2 aromatic rings. The van der Waals surface area contributed by atoms with Gasteiger partial charge in [-0.3, -0.25) is 4.90 Å². The first-order chi connectivity index (χ1) is 14.1. The molecule has 1 N–H and O–H groups in total. The summed E-state index contributed by atoms with van der Waals surface area (Å²) in [4.78, 5) is 14.1. The van der Waals surface area contributed by atoms with E-state index in [1.807, 2.05) is 13.0 Å². The lowest BCUT2D eigenvalue weighted by atomic mass is 10.0. The molecule has 1 fully saturated rings. The summed E-state index contributed by atoms with van der Waals surface area (Å²) in [6, 6.07) is 10.5. The molecule has 0 saturated carbocycles. The molecule has 0 radical (unpaired) electrons. The molecular formula is C23H32N4O2. The van der Waals surface area contributed by atoms with E-state index in [1.54, 1.807) is 6.08 Å². The smallest absolute Gasteiger partial charge is 0.136 e. The van der Waals surface area contributed by atoms with Crippen LogP contribution in [0.25, 0.3) is 0 Å². The number of rotatable bonds is 9. The average molecular weight is 397 g/mol. The molecule has 3 rings (SSSR count). The molecule has 1 aromatic heterocycles. The second-order valence-electron chi connectivity index (χ2n) is 7.59. The molecule has 1 aliphatic heterocycles. The number of aliphatic hydroxyl groups excluding tert-OH is 1. The van der Waals surface area contributed by atoms with Gasteiger partial charge in [-0.1, -0.05) is 36.4 Å². The molecule has 1 atom stereocenters. The minimum atomic E-state index is -0.473. The Kier molecular flexibility index (Phi) is 7.75. The zero-order chi connectivity index (χ0) is 20.6. The minimum Gasteiger partial charge on any atom is -0.389 e. The summed E-state index contributed by atoms with van der Waals surface area (Å²) in [5.74, 6) is 1.86. The van der Waals surface area contributed by atoms with Gasteiger partial charge in [-0.05, 0) is 19.4 Å². The van der Waals surface area contributed by atoms with E-state index < -0.39 is 6.10 Å². The maximum atomic E-state index is 10.2. The molecule has 0 unspecified atom stereocenters. The molecule has 0 amide bonds. The van der Waals surface area contributed by atoms with Crippen molar-refractivity contribution < 1.29 is 9.84 Å². The first kappa shape index (κ1) is 21.4. The number of aromatic nitrogens is 2. The molecule has 29 heavy (non-hydrogen) atoms. The van der Waals surface area contributed by atoms with E-state index in [4.69, 9.17) is 9.72 Å². The average Bonchev–Trinajstić information content (AvgIpc) is 2.71. The van der Waals surface area contributed by atoms with Crippen LogP contribution in [-0.4, -0.2) is 72.0 Å². The van der Waals surface area contributed by atoms with Crippen molar-refractivity contribution in [3.63, 3.8) is 0 Å². The van der Waals surface area contributed by atoms with E-state index in [-0.39, 0.29) is 0 Å². The number of nitrogens with zero attached hydrogens (tertiary/aromatic N) is 4.